The standard InChI is InChI=1S/C13H26N2O/c1-10-4-3-7-15(9-10)12(8-14)13-6-5-11(2)16-13/h10-13H,3-9,14H2,1-2H3. The Morgan fingerprint density at radius 2 is 2.12 bits per heavy atom. The highest BCUT2D eigenvalue weighted by molar-refractivity contribution is 4.87. The van der Waals surface area contributed by atoms with Crippen LogP contribution in [-0.4, -0.2) is 42.8 Å². The van der Waals surface area contributed by atoms with Crippen molar-refractivity contribution in [3.63, 3.8) is 0 Å². The number of likely N-dealkylation sites (tertiary alicyclic amines) is 1. The Labute approximate surface area is 99.3 Å². The van der Waals surface area contributed by atoms with Crippen LogP contribution in [0.25, 0.3) is 0 Å². The Balaban J connectivity index is 1.93. The van der Waals surface area contributed by atoms with Gasteiger partial charge in [-0.05, 0) is 45.1 Å². The van der Waals surface area contributed by atoms with Crippen LogP contribution in [0.3, 0.4) is 0 Å². The summed E-state index contributed by atoms with van der Waals surface area (Å²) in [5, 5.41) is 0. The highest BCUT2D eigenvalue weighted by atomic mass is 16.5. The minimum absolute atomic E-state index is 0.380. The molecule has 3 nitrogen and oxygen atoms in total. The van der Waals surface area contributed by atoms with Gasteiger partial charge in [0.1, 0.15) is 0 Å². The lowest BCUT2D eigenvalue weighted by molar-refractivity contribution is -0.0149. The van der Waals surface area contributed by atoms with Crippen molar-refractivity contribution in [1.82, 2.24) is 4.90 Å². The van der Waals surface area contributed by atoms with Gasteiger partial charge in [-0.25, -0.2) is 0 Å². The van der Waals surface area contributed by atoms with Crippen molar-refractivity contribution in [3.8, 4) is 0 Å². The number of nitrogens with zero attached hydrogens (tertiary/aromatic N) is 1. The zero-order valence-corrected chi connectivity index (χ0v) is 10.7. The minimum atomic E-state index is 0.380. The monoisotopic (exact) mass is 226 g/mol. The van der Waals surface area contributed by atoms with E-state index in [1.807, 2.05) is 0 Å². The van der Waals surface area contributed by atoms with E-state index in [-0.39, 0.29) is 0 Å². The van der Waals surface area contributed by atoms with Gasteiger partial charge >= 0.3 is 0 Å². The maximum absolute atomic E-state index is 5.98. The van der Waals surface area contributed by atoms with Gasteiger partial charge < -0.3 is 10.5 Å². The van der Waals surface area contributed by atoms with E-state index < -0.39 is 0 Å². The molecule has 16 heavy (non-hydrogen) atoms. The molecule has 3 heteroatoms. The molecule has 4 atom stereocenters. The van der Waals surface area contributed by atoms with Gasteiger partial charge in [0.2, 0.25) is 0 Å². The number of nitrogens with two attached hydrogens (primary N) is 1. The predicted octanol–water partition coefficient (Wildman–Crippen LogP) is 1.61. The summed E-state index contributed by atoms with van der Waals surface area (Å²) in [4.78, 5) is 2.57. The molecule has 2 rings (SSSR count). The Bertz CT molecular complexity index is 222. The van der Waals surface area contributed by atoms with E-state index in [0.29, 0.717) is 18.2 Å². The van der Waals surface area contributed by atoms with Crippen LogP contribution in [-0.2, 0) is 4.74 Å². The van der Waals surface area contributed by atoms with E-state index in [4.69, 9.17) is 10.5 Å². The molecule has 2 heterocycles. The number of rotatable bonds is 3. The van der Waals surface area contributed by atoms with Crippen molar-refractivity contribution < 1.29 is 4.74 Å². The number of ether oxygens (including phenoxy) is 1. The molecule has 94 valence electrons. The third-order valence-corrected chi connectivity index (χ3v) is 4.09. The Hall–Kier alpha value is -0.120. The fraction of sp³-hybridized carbons (Fsp3) is 1.00. The van der Waals surface area contributed by atoms with Gasteiger partial charge in [-0.2, -0.15) is 0 Å². The van der Waals surface area contributed by atoms with Crippen LogP contribution >= 0.6 is 0 Å². The van der Waals surface area contributed by atoms with Gasteiger partial charge in [0.15, 0.2) is 0 Å². The first-order chi connectivity index (χ1) is 7.70. The summed E-state index contributed by atoms with van der Waals surface area (Å²) in [6.45, 7) is 7.67. The minimum Gasteiger partial charge on any atom is -0.374 e. The largest absolute Gasteiger partial charge is 0.374 e. The van der Waals surface area contributed by atoms with E-state index in [9.17, 15) is 0 Å². The fourth-order valence-corrected chi connectivity index (χ4v) is 3.18. The molecule has 2 aliphatic heterocycles. The first-order valence-electron chi connectivity index (χ1n) is 6.80. The van der Waals surface area contributed by atoms with E-state index in [0.717, 1.165) is 12.5 Å². The van der Waals surface area contributed by atoms with Crippen molar-refractivity contribution in [2.45, 2.75) is 57.8 Å². The average Bonchev–Trinajstić information content (AvgIpc) is 2.66. The summed E-state index contributed by atoms with van der Waals surface area (Å²) in [7, 11) is 0. The summed E-state index contributed by atoms with van der Waals surface area (Å²) >= 11 is 0. The van der Waals surface area contributed by atoms with Gasteiger partial charge in [0.05, 0.1) is 12.2 Å². The molecule has 2 N–H and O–H groups in total. The Morgan fingerprint density at radius 1 is 1.31 bits per heavy atom. The molecule has 0 radical (unpaired) electrons. The third-order valence-electron chi connectivity index (χ3n) is 4.09. The lowest BCUT2D eigenvalue weighted by Crippen LogP contribution is -2.51. The molecule has 0 aromatic carbocycles. The molecule has 0 bridgehead atoms. The summed E-state index contributed by atoms with van der Waals surface area (Å²) < 4.78 is 5.98. The van der Waals surface area contributed by atoms with Crippen molar-refractivity contribution in [1.29, 1.82) is 0 Å². The van der Waals surface area contributed by atoms with Crippen LogP contribution in [0.4, 0.5) is 0 Å². The summed E-state index contributed by atoms with van der Waals surface area (Å²) in [5.41, 5.74) is 5.95. The van der Waals surface area contributed by atoms with E-state index in [1.54, 1.807) is 0 Å². The summed E-state index contributed by atoms with van der Waals surface area (Å²) in [6, 6.07) is 0.452. The molecule has 0 saturated carbocycles. The van der Waals surface area contributed by atoms with Gasteiger partial charge in [-0.3, -0.25) is 4.90 Å². The van der Waals surface area contributed by atoms with Gasteiger partial charge in [-0.15, -0.1) is 0 Å². The molecule has 4 unspecified atom stereocenters. The molecule has 2 aliphatic rings. The van der Waals surface area contributed by atoms with E-state index >= 15 is 0 Å². The van der Waals surface area contributed by atoms with Gasteiger partial charge in [-0.1, -0.05) is 6.92 Å². The summed E-state index contributed by atoms with van der Waals surface area (Å²) in [5.74, 6) is 0.821. The molecular formula is C13H26N2O. The van der Waals surface area contributed by atoms with Crippen LogP contribution in [0.15, 0.2) is 0 Å². The third kappa shape index (κ3) is 2.76. The van der Waals surface area contributed by atoms with E-state index in [2.05, 4.69) is 18.7 Å². The number of hydrogen-bond donors (Lipinski definition) is 1. The van der Waals surface area contributed by atoms with Crippen molar-refractivity contribution >= 4 is 0 Å². The maximum Gasteiger partial charge on any atom is 0.0747 e. The first kappa shape index (κ1) is 12.3. The molecule has 0 spiro atoms. The lowest BCUT2D eigenvalue weighted by atomic mass is 9.96. The maximum atomic E-state index is 5.98. The fourth-order valence-electron chi connectivity index (χ4n) is 3.18. The molecule has 2 fully saturated rings. The highest BCUT2D eigenvalue weighted by Gasteiger charge is 2.33. The number of hydrogen-bond acceptors (Lipinski definition) is 3. The summed E-state index contributed by atoms with van der Waals surface area (Å²) in [6.07, 6.45) is 5.89. The first-order valence-corrected chi connectivity index (χ1v) is 6.80. The molecule has 0 aromatic rings. The van der Waals surface area contributed by atoms with Crippen LogP contribution in [0.2, 0.25) is 0 Å². The van der Waals surface area contributed by atoms with Crippen LogP contribution in [0.1, 0.15) is 39.5 Å². The zero-order valence-electron chi connectivity index (χ0n) is 10.7. The van der Waals surface area contributed by atoms with Gasteiger partial charge in [0.25, 0.3) is 0 Å². The van der Waals surface area contributed by atoms with Crippen molar-refractivity contribution in [2.75, 3.05) is 19.6 Å². The SMILES string of the molecule is CC1CCCN(C(CN)C2CCC(C)O2)C1. The Morgan fingerprint density at radius 3 is 2.69 bits per heavy atom. The quantitative estimate of drug-likeness (QED) is 0.794. The second-order valence-corrected chi connectivity index (χ2v) is 5.61. The highest BCUT2D eigenvalue weighted by Crippen LogP contribution is 2.27. The normalized spacial score (nSPS) is 38.8. The predicted molar refractivity (Wildman–Crippen MR) is 66.4 cm³/mol. The van der Waals surface area contributed by atoms with Crippen molar-refractivity contribution in [3.05, 3.63) is 0 Å². The molecule has 0 amide bonds. The number of piperidine rings is 1. The van der Waals surface area contributed by atoms with Crippen LogP contribution in [0, 0.1) is 5.92 Å². The Kier molecular flexibility index (Phi) is 4.22. The second-order valence-electron chi connectivity index (χ2n) is 5.61. The molecule has 0 aliphatic carbocycles. The topological polar surface area (TPSA) is 38.5 Å². The smallest absolute Gasteiger partial charge is 0.0747 e. The molecule has 2 saturated heterocycles. The van der Waals surface area contributed by atoms with Crippen LogP contribution < -0.4 is 5.73 Å². The van der Waals surface area contributed by atoms with Crippen molar-refractivity contribution in [2.24, 2.45) is 11.7 Å². The molecule has 0 aromatic heterocycles. The van der Waals surface area contributed by atoms with Crippen LogP contribution in [0.5, 0.6) is 0 Å². The van der Waals surface area contributed by atoms with E-state index in [1.165, 1.54) is 38.8 Å². The average molecular weight is 226 g/mol. The second kappa shape index (κ2) is 5.48. The zero-order chi connectivity index (χ0) is 11.5. The molecular weight excluding hydrogens is 200 g/mol. The van der Waals surface area contributed by atoms with Gasteiger partial charge in [0, 0.05) is 19.1 Å². The lowest BCUT2D eigenvalue weighted by Gasteiger charge is -2.39.